The third-order valence-corrected chi connectivity index (χ3v) is 9.00. The fourth-order valence-corrected chi connectivity index (χ4v) is 7.15. The molecule has 0 aromatic heterocycles. The van der Waals surface area contributed by atoms with E-state index in [0.717, 1.165) is 6.92 Å². The summed E-state index contributed by atoms with van der Waals surface area (Å²) in [5, 5.41) is 22.5. The number of hydrogen-bond donors (Lipinski definition) is 2. The average molecular weight is 561 g/mol. The number of phenols is 1. The lowest BCUT2D eigenvalue weighted by Gasteiger charge is -2.52. The molecule has 2 fully saturated rings. The number of phenolic OH excluding ortho intramolecular Hbond substituents is 1. The Labute approximate surface area is 236 Å². The van der Waals surface area contributed by atoms with E-state index in [-0.39, 0.29) is 42.5 Å². The SMILES string of the molecule is CCC(=O)Oc1ccc(-c2ccc(O)c3c2CC2CC4C(C(C)C)C(=O)C(C(C)=O)C(=O)C4(O)C(=O)C2C3=O)cc1. The Morgan fingerprint density at radius 3 is 2.27 bits per heavy atom. The largest absolute Gasteiger partial charge is 0.507 e. The van der Waals surface area contributed by atoms with Crippen molar-refractivity contribution in [1.82, 2.24) is 0 Å². The van der Waals surface area contributed by atoms with Crippen molar-refractivity contribution in [1.29, 1.82) is 0 Å². The summed E-state index contributed by atoms with van der Waals surface area (Å²) in [6.07, 6.45) is 0.449. The molecule has 5 rings (SSSR count). The summed E-state index contributed by atoms with van der Waals surface area (Å²) >= 11 is 0. The maximum atomic E-state index is 14.0. The van der Waals surface area contributed by atoms with Gasteiger partial charge in [-0.3, -0.25) is 28.8 Å². The van der Waals surface area contributed by atoms with E-state index in [9.17, 15) is 39.0 Å². The van der Waals surface area contributed by atoms with Crippen LogP contribution in [0, 0.1) is 35.5 Å². The van der Waals surface area contributed by atoms with E-state index < -0.39 is 64.1 Å². The van der Waals surface area contributed by atoms with E-state index in [1.165, 1.54) is 6.07 Å². The molecular weight excluding hydrogens is 528 g/mol. The molecule has 0 aliphatic heterocycles. The van der Waals surface area contributed by atoms with E-state index in [0.29, 0.717) is 22.4 Å². The molecule has 0 spiro atoms. The van der Waals surface area contributed by atoms with E-state index in [2.05, 4.69) is 0 Å². The second-order valence-corrected chi connectivity index (χ2v) is 11.7. The number of hydrogen-bond acceptors (Lipinski definition) is 9. The molecule has 2 saturated carbocycles. The molecule has 2 aromatic carbocycles. The lowest BCUT2D eigenvalue weighted by Crippen LogP contribution is -2.70. The number of benzene rings is 2. The Kier molecular flexibility index (Phi) is 7.06. The van der Waals surface area contributed by atoms with Gasteiger partial charge in [0, 0.05) is 18.3 Å². The van der Waals surface area contributed by atoms with Gasteiger partial charge in [-0.1, -0.05) is 39.0 Å². The minimum Gasteiger partial charge on any atom is -0.507 e. The quantitative estimate of drug-likeness (QED) is 0.319. The van der Waals surface area contributed by atoms with Crippen LogP contribution < -0.4 is 4.74 Å². The van der Waals surface area contributed by atoms with Gasteiger partial charge in [0.15, 0.2) is 28.7 Å². The molecule has 2 aromatic rings. The maximum absolute atomic E-state index is 14.0. The molecule has 6 atom stereocenters. The van der Waals surface area contributed by atoms with E-state index in [4.69, 9.17) is 4.74 Å². The normalized spacial score (nSPS) is 29.1. The molecule has 0 radical (unpaired) electrons. The monoisotopic (exact) mass is 560 g/mol. The number of aromatic hydroxyl groups is 1. The van der Waals surface area contributed by atoms with Crippen molar-refractivity contribution < 1.29 is 43.7 Å². The number of esters is 1. The third-order valence-electron chi connectivity index (χ3n) is 9.00. The molecule has 6 unspecified atom stereocenters. The molecule has 0 heterocycles. The van der Waals surface area contributed by atoms with Crippen LogP contribution in [0.1, 0.15) is 56.5 Å². The lowest BCUT2D eigenvalue weighted by atomic mass is 9.49. The first-order valence-corrected chi connectivity index (χ1v) is 13.9. The van der Waals surface area contributed by atoms with Crippen molar-refractivity contribution in [2.45, 2.75) is 52.6 Å². The van der Waals surface area contributed by atoms with Gasteiger partial charge >= 0.3 is 5.97 Å². The first-order chi connectivity index (χ1) is 19.3. The number of fused-ring (bicyclic) bond motifs is 3. The van der Waals surface area contributed by atoms with Gasteiger partial charge in [0.05, 0.1) is 11.5 Å². The van der Waals surface area contributed by atoms with Gasteiger partial charge in [0.2, 0.25) is 0 Å². The van der Waals surface area contributed by atoms with Crippen LogP contribution in [0.3, 0.4) is 0 Å². The van der Waals surface area contributed by atoms with Gasteiger partial charge in [0.1, 0.15) is 23.2 Å². The Morgan fingerprint density at radius 2 is 1.68 bits per heavy atom. The number of rotatable bonds is 5. The summed E-state index contributed by atoms with van der Waals surface area (Å²) in [6, 6.07) is 9.71. The predicted octanol–water partition coefficient (Wildman–Crippen LogP) is 3.30. The molecule has 0 bridgehead atoms. The number of aliphatic hydroxyl groups is 1. The number of Topliss-reactive ketones (excluding diaryl/α,β-unsaturated/α-hetero) is 5. The Hall–Kier alpha value is -3.98. The number of carbonyl (C=O) groups excluding carboxylic acids is 6. The number of carbonyl (C=O) groups is 6. The number of ether oxygens (including phenoxy) is 1. The molecule has 0 saturated heterocycles. The summed E-state index contributed by atoms with van der Waals surface area (Å²) in [5.41, 5.74) is -0.853. The van der Waals surface area contributed by atoms with Crippen LogP contribution in [0.2, 0.25) is 0 Å². The molecule has 2 N–H and O–H groups in total. The zero-order valence-corrected chi connectivity index (χ0v) is 23.3. The van der Waals surface area contributed by atoms with Crippen molar-refractivity contribution in [2.75, 3.05) is 0 Å². The zero-order valence-electron chi connectivity index (χ0n) is 23.3. The number of ketones is 5. The van der Waals surface area contributed by atoms with Gasteiger partial charge < -0.3 is 14.9 Å². The topological polar surface area (TPSA) is 152 Å². The molecule has 3 aliphatic rings. The van der Waals surface area contributed by atoms with Crippen molar-refractivity contribution in [3.63, 3.8) is 0 Å². The Morgan fingerprint density at radius 1 is 1.02 bits per heavy atom. The van der Waals surface area contributed by atoms with E-state index in [1.54, 1.807) is 51.1 Å². The summed E-state index contributed by atoms with van der Waals surface area (Å²) in [5.74, 6) is -10.7. The minimum absolute atomic E-state index is 0.0457. The molecule has 9 heteroatoms. The first kappa shape index (κ1) is 28.5. The van der Waals surface area contributed by atoms with E-state index >= 15 is 0 Å². The minimum atomic E-state index is -2.65. The molecule has 9 nitrogen and oxygen atoms in total. The highest BCUT2D eigenvalue weighted by Gasteiger charge is 2.68. The van der Waals surface area contributed by atoms with Crippen LogP contribution in [0.5, 0.6) is 11.5 Å². The van der Waals surface area contributed by atoms with Gasteiger partial charge in [-0.25, -0.2) is 0 Å². The third kappa shape index (κ3) is 4.25. The van der Waals surface area contributed by atoms with Gasteiger partial charge in [-0.2, -0.15) is 0 Å². The van der Waals surface area contributed by atoms with Crippen molar-refractivity contribution >= 4 is 34.9 Å². The summed E-state index contributed by atoms with van der Waals surface area (Å²) < 4.78 is 5.24. The summed E-state index contributed by atoms with van der Waals surface area (Å²) in [6.45, 7) is 6.25. The summed E-state index contributed by atoms with van der Waals surface area (Å²) in [4.78, 5) is 78.7. The van der Waals surface area contributed by atoms with Crippen LogP contribution in [0.15, 0.2) is 36.4 Å². The second kappa shape index (κ2) is 10.1. The molecule has 214 valence electrons. The first-order valence-electron chi connectivity index (χ1n) is 13.9. The van der Waals surface area contributed by atoms with Gasteiger partial charge in [0.25, 0.3) is 0 Å². The lowest BCUT2D eigenvalue weighted by molar-refractivity contribution is -0.182. The fourth-order valence-electron chi connectivity index (χ4n) is 7.15. The standard InChI is InChI=1S/C32H32O9/c1-5-23(35)41-18-8-6-16(7-9-18)19-10-11-22(34)27-20(19)12-17-13-21-24(14(2)3)28(36)25(15(4)33)30(38)32(21,40)31(39)26(17)29(27)37/h6-11,14,17,21,24-26,34,40H,5,12-13H2,1-4H3. The maximum Gasteiger partial charge on any atom is 0.310 e. The van der Waals surface area contributed by atoms with Crippen molar-refractivity contribution in [2.24, 2.45) is 35.5 Å². The second-order valence-electron chi connectivity index (χ2n) is 11.7. The van der Waals surface area contributed by atoms with Crippen LogP contribution in [-0.2, 0) is 30.4 Å². The van der Waals surface area contributed by atoms with Crippen LogP contribution in [0.4, 0.5) is 0 Å². The molecule has 3 aliphatic carbocycles. The smallest absolute Gasteiger partial charge is 0.310 e. The van der Waals surface area contributed by atoms with Gasteiger partial charge in [-0.05, 0) is 66.5 Å². The van der Waals surface area contributed by atoms with Crippen LogP contribution >= 0.6 is 0 Å². The molecule has 0 amide bonds. The van der Waals surface area contributed by atoms with E-state index in [1.807, 2.05) is 0 Å². The average Bonchev–Trinajstić information content (AvgIpc) is 2.91. The molecule has 41 heavy (non-hydrogen) atoms. The highest BCUT2D eigenvalue weighted by Crippen LogP contribution is 2.53. The van der Waals surface area contributed by atoms with Gasteiger partial charge in [-0.15, -0.1) is 0 Å². The van der Waals surface area contributed by atoms with Crippen molar-refractivity contribution in [3.8, 4) is 22.6 Å². The highest BCUT2D eigenvalue weighted by atomic mass is 16.5. The molecular formula is C32H32O9. The summed E-state index contributed by atoms with van der Waals surface area (Å²) in [7, 11) is 0. The van der Waals surface area contributed by atoms with Crippen molar-refractivity contribution in [3.05, 3.63) is 47.5 Å². The predicted molar refractivity (Wildman–Crippen MR) is 145 cm³/mol. The zero-order chi connectivity index (χ0) is 30.0. The highest BCUT2D eigenvalue weighted by molar-refractivity contribution is 6.32. The van der Waals surface area contributed by atoms with Crippen LogP contribution in [0.25, 0.3) is 11.1 Å². The Balaban J connectivity index is 1.59. The van der Waals surface area contributed by atoms with Crippen LogP contribution in [-0.4, -0.2) is 50.7 Å². The fraction of sp³-hybridized carbons (Fsp3) is 0.438. The Bertz CT molecular complexity index is 1500.